The summed E-state index contributed by atoms with van der Waals surface area (Å²) in [6.45, 7) is 0.611. The summed E-state index contributed by atoms with van der Waals surface area (Å²) in [6, 6.07) is 9.33. The van der Waals surface area contributed by atoms with Crippen LogP contribution < -0.4 is 0 Å². The number of nitrogens with zero attached hydrogens (tertiary/aromatic N) is 2. The summed E-state index contributed by atoms with van der Waals surface area (Å²) in [7, 11) is 0. The monoisotopic (exact) mass is 354 g/mol. The van der Waals surface area contributed by atoms with Gasteiger partial charge in [-0.05, 0) is 48.9 Å². The maximum atomic E-state index is 11.8. The molecule has 0 fully saturated rings. The Morgan fingerprint density at radius 3 is 2.76 bits per heavy atom. The van der Waals surface area contributed by atoms with E-state index < -0.39 is 5.97 Å². The van der Waals surface area contributed by atoms with Crippen LogP contribution in [0.25, 0.3) is 10.9 Å². The Balaban J connectivity index is 1.95. The first-order chi connectivity index (χ1) is 12.1. The summed E-state index contributed by atoms with van der Waals surface area (Å²) in [6.07, 6.45) is 7.29. The van der Waals surface area contributed by atoms with Crippen molar-refractivity contribution < 1.29 is 9.90 Å². The number of halogens is 1. The molecule has 0 bridgehead atoms. The van der Waals surface area contributed by atoms with Gasteiger partial charge in [-0.25, -0.2) is 9.78 Å². The van der Waals surface area contributed by atoms with E-state index in [1.54, 1.807) is 18.3 Å². The lowest BCUT2D eigenvalue weighted by molar-refractivity contribution is 0.0698. The Morgan fingerprint density at radius 1 is 1.16 bits per heavy atom. The number of aromatic carboxylic acids is 1. The number of para-hydroxylation sites is 1. The predicted molar refractivity (Wildman–Crippen MR) is 98.5 cm³/mol. The second-order valence-electron chi connectivity index (χ2n) is 6.57. The molecule has 0 aliphatic heterocycles. The topological polar surface area (TPSA) is 55.1 Å². The van der Waals surface area contributed by atoms with Crippen molar-refractivity contribution >= 4 is 28.5 Å². The Bertz CT molecular complexity index is 944. The van der Waals surface area contributed by atoms with E-state index >= 15 is 0 Å². The molecule has 1 aromatic carbocycles. The van der Waals surface area contributed by atoms with E-state index in [0.717, 1.165) is 42.1 Å². The first-order valence-corrected chi connectivity index (χ1v) is 8.99. The minimum absolute atomic E-state index is 0.368. The van der Waals surface area contributed by atoms with Gasteiger partial charge in [0.05, 0.1) is 11.1 Å². The van der Waals surface area contributed by atoms with E-state index in [1.807, 2.05) is 12.1 Å². The summed E-state index contributed by atoms with van der Waals surface area (Å²) in [4.78, 5) is 16.0. The van der Waals surface area contributed by atoms with Crippen molar-refractivity contribution in [1.82, 2.24) is 9.55 Å². The van der Waals surface area contributed by atoms with Gasteiger partial charge in [0.15, 0.2) is 0 Å². The van der Waals surface area contributed by atoms with Gasteiger partial charge in [0.2, 0.25) is 0 Å². The molecule has 25 heavy (non-hydrogen) atoms. The molecule has 0 unspecified atom stereocenters. The van der Waals surface area contributed by atoms with Crippen LogP contribution in [0.4, 0.5) is 0 Å². The number of rotatable bonds is 3. The summed E-state index contributed by atoms with van der Waals surface area (Å²) >= 11 is 5.90. The molecule has 3 aromatic rings. The number of pyridine rings is 1. The van der Waals surface area contributed by atoms with Gasteiger partial charge in [-0.3, -0.25) is 0 Å². The molecule has 2 aromatic heterocycles. The molecule has 1 aliphatic carbocycles. The van der Waals surface area contributed by atoms with E-state index in [9.17, 15) is 9.90 Å². The van der Waals surface area contributed by atoms with Crippen molar-refractivity contribution in [2.45, 2.75) is 38.6 Å². The van der Waals surface area contributed by atoms with Crippen molar-refractivity contribution in [1.29, 1.82) is 0 Å². The molecular weight excluding hydrogens is 336 g/mol. The lowest BCUT2D eigenvalue weighted by Gasteiger charge is -2.12. The molecule has 1 N–H and O–H groups in total. The van der Waals surface area contributed by atoms with Crippen molar-refractivity contribution in [3.63, 3.8) is 0 Å². The fourth-order valence-electron chi connectivity index (χ4n) is 3.90. The molecule has 2 heterocycles. The summed E-state index contributed by atoms with van der Waals surface area (Å²) in [5.41, 5.74) is 4.81. The minimum Gasteiger partial charge on any atom is -0.478 e. The van der Waals surface area contributed by atoms with Crippen LogP contribution in [0, 0.1) is 0 Å². The second kappa shape index (κ2) is 6.52. The first-order valence-electron chi connectivity index (χ1n) is 8.62. The molecule has 1 aliphatic rings. The quantitative estimate of drug-likeness (QED) is 0.547. The van der Waals surface area contributed by atoms with E-state index in [4.69, 9.17) is 11.6 Å². The van der Waals surface area contributed by atoms with E-state index in [2.05, 4.69) is 15.6 Å². The van der Waals surface area contributed by atoms with Crippen molar-refractivity contribution in [2.75, 3.05) is 0 Å². The fraction of sp³-hybridized carbons (Fsp3) is 0.300. The minimum atomic E-state index is -0.881. The number of aryl methyl sites for hydroxylation is 1. The third kappa shape index (κ3) is 2.91. The van der Waals surface area contributed by atoms with Gasteiger partial charge in [-0.15, -0.1) is 0 Å². The summed E-state index contributed by atoms with van der Waals surface area (Å²) in [5, 5.41) is 11.2. The van der Waals surface area contributed by atoms with Gasteiger partial charge in [0, 0.05) is 23.8 Å². The average Bonchev–Trinajstić information content (AvgIpc) is 2.76. The van der Waals surface area contributed by atoms with Gasteiger partial charge in [0.25, 0.3) is 0 Å². The normalized spacial score (nSPS) is 14.3. The van der Waals surface area contributed by atoms with Gasteiger partial charge in [-0.1, -0.05) is 36.2 Å². The van der Waals surface area contributed by atoms with E-state index in [-0.39, 0.29) is 0 Å². The zero-order chi connectivity index (χ0) is 17.4. The number of benzene rings is 1. The molecule has 4 nitrogen and oxygen atoms in total. The average molecular weight is 355 g/mol. The van der Waals surface area contributed by atoms with Gasteiger partial charge in [0.1, 0.15) is 5.15 Å². The Hall–Kier alpha value is -2.33. The Kier molecular flexibility index (Phi) is 4.22. The number of carboxylic acids is 1. The van der Waals surface area contributed by atoms with E-state index in [0.29, 0.717) is 17.3 Å². The molecule has 0 amide bonds. The van der Waals surface area contributed by atoms with Crippen LogP contribution in [0.1, 0.15) is 46.4 Å². The molecular formula is C20H19ClN2O2. The highest BCUT2D eigenvalue weighted by atomic mass is 35.5. The van der Waals surface area contributed by atoms with Crippen LogP contribution in [-0.4, -0.2) is 20.6 Å². The molecule has 0 atom stereocenters. The largest absolute Gasteiger partial charge is 0.478 e. The number of hydrogen-bond donors (Lipinski definition) is 1. The molecule has 5 heteroatoms. The van der Waals surface area contributed by atoms with Gasteiger partial charge >= 0.3 is 5.97 Å². The van der Waals surface area contributed by atoms with E-state index in [1.165, 1.54) is 17.7 Å². The van der Waals surface area contributed by atoms with Crippen LogP contribution in [0.5, 0.6) is 0 Å². The molecule has 0 saturated carbocycles. The Morgan fingerprint density at radius 2 is 2.00 bits per heavy atom. The zero-order valence-corrected chi connectivity index (χ0v) is 14.6. The highest BCUT2D eigenvalue weighted by Crippen LogP contribution is 2.34. The third-order valence-electron chi connectivity index (χ3n) is 5.01. The number of fused-ring (bicyclic) bond motifs is 3. The Labute approximate surface area is 151 Å². The number of aromatic nitrogens is 2. The number of carbonyl (C=O) groups is 1. The highest BCUT2D eigenvalue weighted by Gasteiger charge is 2.22. The zero-order valence-electron chi connectivity index (χ0n) is 13.8. The van der Waals surface area contributed by atoms with Crippen LogP contribution >= 0.6 is 11.6 Å². The summed E-state index contributed by atoms with van der Waals surface area (Å²) in [5.74, 6) is -0.881. The van der Waals surface area contributed by atoms with Crippen LogP contribution in [0.15, 0.2) is 36.5 Å². The second-order valence-corrected chi connectivity index (χ2v) is 6.96. The predicted octanol–water partition coefficient (Wildman–Crippen LogP) is 4.71. The van der Waals surface area contributed by atoms with Crippen molar-refractivity contribution in [3.8, 4) is 0 Å². The molecule has 0 spiro atoms. The first kappa shape index (κ1) is 16.2. The lowest BCUT2D eigenvalue weighted by Crippen LogP contribution is -2.08. The highest BCUT2D eigenvalue weighted by molar-refractivity contribution is 6.29. The fourth-order valence-corrected chi connectivity index (χ4v) is 4.01. The van der Waals surface area contributed by atoms with Crippen LogP contribution in [0.2, 0.25) is 5.15 Å². The smallest absolute Gasteiger partial charge is 0.337 e. The number of carboxylic acid groups (broad SMARTS) is 1. The molecule has 0 saturated heterocycles. The maximum absolute atomic E-state index is 11.8. The van der Waals surface area contributed by atoms with Gasteiger partial charge < -0.3 is 9.67 Å². The van der Waals surface area contributed by atoms with Crippen LogP contribution in [-0.2, 0) is 19.4 Å². The van der Waals surface area contributed by atoms with Crippen molar-refractivity contribution in [2.24, 2.45) is 0 Å². The number of hydrogen-bond acceptors (Lipinski definition) is 2. The SMILES string of the molecule is O=C(O)c1cccc2c3c(n(Cc4ccc(Cl)nc4)c12)CCCCC3. The standard InChI is InChI=1S/C20H19ClN2O2/c21-18-10-9-13(11-22-18)12-23-17-8-3-1-2-5-14(17)15-6-4-7-16(19(15)23)20(24)25/h4,6-7,9-11H,1-3,5,8,12H2,(H,24,25). The maximum Gasteiger partial charge on any atom is 0.337 e. The summed E-state index contributed by atoms with van der Waals surface area (Å²) < 4.78 is 2.18. The molecule has 0 radical (unpaired) electrons. The molecule has 4 rings (SSSR count). The van der Waals surface area contributed by atoms with Crippen molar-refractivity contribution in [3.05, 3.63) is 64.1 Å². The van der Waals surface area contributed by atoms with Gasteiger partial charge in [-0.2, -0.15) is 0 Å². The third-order valence-corrected chi connectivity index (χ3v) is 5.23. The lowest BCUT2D eigenvalue weighted by atomic mass is 10.0. The van der Waals surface area contributed by atoms with Crippen LogP contribution in [0.3, 0.4) is 0 Å². The molecule has 128 valence electrons.